The van der Waals surface area contributed by atoms with Crippen LogP contribution in [0.4, 0.5) is 0 Å². The third-order valence-corrected chi connectivity index (χ3v) is 3.62. The van der Waals surface area contributed by atoms with Crippen molar-refractivity contribution in [2.24, 2.45) is 0 Å². The molecule has 1 aliphatic rings. The zero-order chi connectivity index (χ0) is 12.6. The highest BCUT2D eigenvalue weighted by Crippen LogP contribution is 2.29. The summed E-state index contributed by atoms with van der Waals surface area (Å²) in [7, 11) is 1.95. The van der Waals surface area contributed by atoms with Crippen LogP contribution < -0.4 is 0 Å². The minimum atomic E-state index is -0.994. The Morgan fingerprint density at radius 3 is 2.94 bits per heavy atom. The van der Waals surface area contributed by atoms with Gasteiger partial charge in [-0.25, -0.2) is 4.79 Å². The van der Waals surface area contributed by atoms with Crippen LogP contribution in [0, 0.1) is 0 Å². The minimum Gasteiger partial charge on any atom is -0.478 e. The number of hydrogen-bond donors (Lipinski definition) is 2. The number of likely N-dealkylation sites (N-methyl/N-ethyl adjacent to an activating group) is 1. The van der Waals surface area contributed by atoms with E-state index in [-0.39, 0.29) is 10.6 Å². The van der Waals surface area contributed by atoms with Gasteiger partial charge in [0.2, 0.25) is 0 Å². The van der Waals surface area contributed by atoms with Crippen LogP contribution in [-0.2, 0) is 18.7 Å². The third-order valence-electron chi connectivity index (χ3n) is 2.91. The van der Waals surface area contributed by atoms with E-state index in [9.17, 15) is 9.90 Å². The van der Waals surface area contributed by atoms with Crippen molar-refractivity contribution in [3.8, 4) is 0 Å². The maximum atomic E-state index is 11.3. The molecule has 1 N–H and O–H groups in total. The Balaban J connectivity index is 2.65. The summed E-state index contributed by atoms with van der Waals surface area (Å²) in [5.41, 5.74) is 2.32. The van der Waals surface area contributed by atoms with Gasteiger partial charge in [0.05, 0.1) is 16.3 Å². The van der Waals surface area contributed by atoms with Gasteiger partial charge in [0.25, 0.3) is 0 Å². The average molecular weight is 273 g/mol. The summed E-state index contributed by atoms with van der Waals surface area (Å²) in [6.07, 6.45) is 0.754. The van der Waals surface area contributed by atoms with E-state index in [0.29, 0.717) is 18.0 Å². The van der Waals surface area contributed by atoms with Crippen LogP contribution in [0.25, 0.3) is 0 Å². The largest absolute Gasteiger partial charge is 0.478 e. The fourth-order valence-corrected chi connectivity index (χ4v) is 2.68. The number of thiol groups is 1. The standard InChI is InChI=1S/C11H13ClN2O2S/c1-14-3-2-7-6(4-14)9(11(15)16)10(12)8(5-17)13-7/h17H,2-5H2,1H3,(H,15,16). The van der Waals surface area contributed by atoms with Crippen molar-refractivity contribution in [3.05, 3.63) is 27.5 Å². The maximum Gasteiger partial charge on any atom is 0.337 e. The molecule has 0 aliphatic carbocycles. The SMILES string of the molecule is CN1CCc2nc(CS)c(Cl)c(C(=O)O)c2C1. The van der Waals surface area contributed by atoms with E-state index in [4.69, 9.17) is 11.6 Å². The number of aromatic nitrogens is 1. The Bertz CT molecular complexity index is 479. The predicted octanol–water partition coefficient (Wildman–Crippen LogP) is 1.85. The fourth-order valence-electron chi connectivity index (χ4n) is 2.05. The number of carboxylic acids is 1. The number of carboxylic acid groups (broad SMARTS) is 1. The van der Waals surface area contributed by atoms with Crippen molar-refractivity contribution in [2.75, 3.05) is 13.6 Å². The van der Waals surface area contributed by atoms with E-state index in [0.717, 1.165) is 24.2 Å². The molecule has 2 rings (SSSR count). The van der Waals surface area contributed by atoms with E-state index in [1.54, 1.807) is 0 Å². The van der Waals surface area contributed by atoms with Gasteiger partial charge < -0.3 is 10.0 Å². The van der Waals surface area contributed by atoms with Crippen LogP contribution in [-0.4, -0.2) is 34.6 Å². The van der Waals surface area contributed by atoms with Gasteiger partial charge >= 0.3 is 5.97 Å². The summed E-state index contributed by atoms with van der Waals surface area (Å²) in [6, 6.07) is 0. The Labute approximate surface area is 110 Å². The van der Waals surface area contributed by atoms with E-state index < -0.39 is 5.97 Å². The number of aromatic carboxylic acids is 1. The van der Waals surface area contributed by atoms with Gasteiger partial charge in [0.15, 0.2) is 0 Å². The monoisotopic (exact) mass is 272 g/mol. The fraction of sp³-hybridized carbons (Fsp3) is 0.455. The summed E-state index contributed by atoms with van der Waals surface area (Å²) < 4.78 is 0. The Morgan fingerprint density at radius 2 is 2.35 bits per heavy atom. The lowest BCUT2D eigenvalue weighted by molar-refractivity contribution is 0.0694. The summed E-state index contributed by atoms with van der Waals surface area (Å²) in [5.74, 6) is -0.644. The Kier molecular flexibility index (Phi) is 3.61. The number of hydrogen-bond acceptors (Lipinski definition) is 4. The molecular weight excluding hydrogens is 260 g/mol. The number of carbonyl (C=O) groups is 1. The molecule has 0 aromatic carbocycles. The zero-order valence-electron chi connectivity index (χ0n) is 9.40. The molecule has 0 fully saturated rings. The third kappa shape index (κ3) is 2.27. The summed E-state index contributed by atoms with van der Waals surface area (Å²) in [4.78, 5) is 17.8. The van der Waals surface area contributed by atoms with Crippen molar-refractivity contribution in [2.45, 2.75) is 18.7 Å². The van der Waals surface area contributed by atoms with Crippen LogP contribution >= 0.6 is 24.2 Å². The van der Waals surface area contributed by atoms with Gasteiger partial charge in [-0.15, -0.1) is 0 Å². The highest BCUT2D eigenvalue weighted by atomic mass is 35.5. The predicted molar refractivity (Wildman–Crippen MR) is 68.9 cm³/mol. The number of pyridine rings is 1. The van der Waals surface area contributed by atoms with Crippen molar-refractivity contribution in [1.29, 1.82) is 0 Å². The first kappa shape index (κ1) is 12.7. The molecule has 0 saturated heterocycles. The smallest absolute Gasteiger partial charge is 0.337 e. The molecule has 0 unspecified atom stereocenters. The molecule has 0 saturated carbocycles. The molecule has 0 atom stereocenters. The molecule has 0 amide bonds. The van der Waals surface area contributed by atoms with Gasteiger partial charge in [-0.3, -0.25) is 4.98 Å². The van der Waals surface area contributed by atoms with Gasteiger partial charge in [-0.05, 0) is 7.05 Å². The van der Waals surface area contributed by atoms with Crippen LogP contribution in [0.1, 0.15) is 27.3 Å². The molecule has 1 aromatic rings. The number of rotatable bonds is 2. The lowest BCUT2D eigenvalue weighted by Gasteiger charge is -2.26. The molecule has 2 heterocycles. The summed E-state index contributed by atoms with van der Waals surface area (Å²) in [5, 5.41) is 9.50. The van der Waals surface area contributed by atoms with Crippen molar-refractivity contribution in [3.63, 3.8) is 0 Å². The quantitative estimate of drug-likeness (QED) is 0.807. The molecule has 1 aromatic heterocycles. The average Bonchev–Trinajstić information content (AvgIpc) is 2.27. The lowest BCUT2D eigenvalue weighted by atomic mass is 9.99. The molecule has 0 radical (unpaired) electrons. The molecular formula is C11H13ClN2O2S. The van der Waals surface area contributed by atoms with E-state index in [1.807, 2.05) is 7.05 Å². The summed E-state index contributed by atoms with van der Waals surface area (Å²) >= 11 is 10.2. The van der Waals surface area contributed by atoms with Crippen LogP contribution in [0.5, 0.6) is 0 Å². The topological polar surface area (TPSA) is 53.4 Å². The van der Waals surface area contributed by atoms with Crippen molar-refractivity contribution < 1.29 is 9.90 Å². The first-order chi connectivity index (χ1) is 8.04. The van der Waals surface area contributed by atoms with Crippen LogP contribution in [0.3, 0.4) is 0 Å². The van der Waals surface area contributed by atoms with Crippen LogP contribution in [0.15, 0.2) is 0 Å². The van der Waals surface area contributed by atoms with Gasteiger partial charge in [0, 0.05) is 36.5 Å². The van der Waals surface area contributed by atoms with Crippen molar-refractivity contribution >= 4 is 30.2 Å². The van der Waals surface area contributed by atoms with E-state index in [2.05, 4.69) is 22.5 Å². The highest BCUT2D eigenvalue weighted by Gasteiger charge is 2.25. The van der Waals surface area contributed by atoms with Gasteiger partial charge in [-0.2, -0.15) is 12.6 Å². The minimum absolute atomic E-state index is 0.187. The highest BCUT2D eigenvalue weighted by molar-refractivity contribution is 7.79. The van der Waals surface area contributed by atoms with E-state index >= 15 is 0 Å². The second-order valence-electron chi connectivity index (χ2n) is 4.12. The molecule has 0 bridgehead atoms. The van der Waals surface area contributed by atoms with Crippen molar-refractivity contribution in [1.82, 2.24) is 9.88 Å². The molecule has 92 valence electrons. The number of nitrogens with zero attached hydrogens (tertiary/aromatic N) is 2. The normalized spacial score (nSPS) is 15.7. The second kappa shape index (κ2) is 4.84. The van der Waals surface area contributed by atoms with Gasteiger partial charge in [-0.1, -0.05) is 11.6 Å². The first-order valence-electron chi connectivity index (χ1n) is 5.27. The number of fused-ring (bicyclic) bond motifs is 1. The Morgan fingerprint density at radius 1 is 1.65 bits per heavy atom. The number of halogens is 1. The molecule has 0 spiro atoms. The molecule has 4 nitrogen and oxygen atoms in total. The lowest BCUT2D eigenvalue weighted by Crippen LogP contribution is -2.29. The molecule has 17 heavy (non-hydrogen) atoms. The van der Waals surface area contributed by atoms with E-state index in [1.165, 1.54) is 0 Å². The molecule has 6 heteroatoms. The zero-order valence-corrected chi connectivity index (χ0v) is 11.1. The Hall–Kier alpha value is -0.780. The first-order valence-corrected chi connectivity index (χ1v) is 6.28. The maximum absolute atomic E-state index is 11.3. The van der Waals surface area contributed by atoms with Crippen LogP contribution in [0.2, 0.25) is 5.02 Å². The summed E-state index contributed by atoms with van der Waals surface area (Å²) in [6.45, 7) is 1.46. The second-order valence-corrected chi connectivity index (χ2v) is 4.82. The molecule has 1 aliphatic heterocycles. The van der Waals surface area contributed by atoms with Gasteiger partial charge in [0.1, 0.15) is 0 Å².